The van der Waals surface area contributed by atoms with Crippen LogP contribution in [0.5, 0.6) is 0 Å². The lowest BCUT2D eigenvalue weighted by atomic mass is 10.0. The number of aliphatic carboxylic acids is 1. The minimum Gasteiger partial charge on any atom is -0.480 e. The molecule has 0 fully saturated rings. The van der Waals surface area contributed by atoms with Crippen molar-refractivity contribution in [1.82, 2.24) is 10.6 Å². The van der Waals surface area contributed by atoms with Gasteiger partial charge >= 0.3 is 12.1 Å². The highest BCUT2D eigenvalue weighted by atomic mass is 16.6. The van der Waals surface area contributed by atoms with E-state index in [0.29, 0.717) is 18.9 Å². The van der Waals surface area contributed by atoms with Crippen molar-refractivity contribution in [3.8, 4) is 0 Å². The van der Waals surface area contributed by atoms with Crippen molar-refractivity contribution in [2.75, 3.05) is 6.54 Å². The molecule has 1 amide bonds. The van der Waals surface area contributed by atoms with Crippen LogP contribution in [0.15, 0.2) is 30.3 Å². The van der Waals surface area contributed by atoms with Crippen LogP contribution in [-0.4, -0.2) is 41.4 Å². The Morgan fingerprint density at radius 3 is 2.27 bits per heavy atom. The number of amides is 1. The van der Waals surface area contributed by atoms with Gasteiger partial charge in [0.2, 0.25) is 0 Å². The van der Waals surface area contributed by atoms with Crippen molar-refractivity contribution in [3.63, 3.8) is 0 Å². The quantitative estimate of drug-likeness (QED) is 0.626. The van der Waals surface area contributed by atoms with E-state index in [1.807, 2.05) is 51.1 Å². The summed E-state index contributed by atoms with van der Waals surface area (Å²) in [5.41, 5.74) is 0.379. The molecule has 0 heterocycles. The van der Waals surface area contributed by atoms with Gasteiger partial charge in [-0.2, -0.15) is 0 Å². The number of ether oxygens (including phenoxy) is 1. The topological polar surface area (TPSA) is 87.7 Å². The fourth-order valence-electron chi connectivity index (χ4n) is 2.62. The Balaban J connectivity index is 2.66. The van der Waals surface area contributed by atoms with Crippen LogP contribution >= 0.6 is 0 Å². The molecule has 0 aliphatic heterocycles. The van der Waals surface area contributed by atoms with Gasteiger partial charge in [0, 0.05) is 12.6 Å². The predicted molar refractivity (Wildman–Crippen MR) is 102 cm³/mol. The Morgan fingerprint density at radius 1 is 1.15 bits per heavy atom. The van der Waals surface area contributed by atoms with Crippen molar-refractivity contribution >= 4 is 12.1 Å². The van der Waals surface area contributed by atoms with E-state index in [0.717, 1.165) is 12.0 Å². The maximum atomic E-state index is 12.0. The molecule has 2 atom stereocenters. The molecule has 3 N–H and O–H groups in total. The Bertz CT molecular complexity index is 567. The second kappa shape index (κ2) is 10.2. The third-order valence-corrected chi connectivity index (χ3v) is 3.67. The summed E-state index contributed by atoms with van der Waals surface area (Å²) < 4.78 is 5.31. The number of carbonyl (C=O) groups is 2. The maximum Gasteiger partial charge on any atom is 0.407 e. The monoisotopic (exact) mass is 364 g/mol. The number of benzene rings is 1. The highest BCUT2D eigenvalue weighted by molar-refractivity contribution is 5.74. The summed E-state index contributed by atoms with van der Waals surface area (Å²) in [7, 11) is 0. The molecule has 0 aliphatic carbocycles. The van der Waals surface area contributed by atoms with E-state index in [2.05, 4.69) is 24.5 Å². The molecule has 1 aromatic carbocycles. The first-order chi connectivity index (χ1) is 12.1. The lowest BCUT2D eigenvalue weighted by molar-refractivity contribution is -0.139. The van der Waals surface area contributed by atoms with E-state index >= 15 is 0 Å². The Labute approximate surface area is 156 Å². The van der Waals surface area contributed by atoms with Crippen LogP contribution in [0.3, 0.4) is 0 Å². The zero-order valence-electron chi connectivity index (χ0n) is 16.4. The third kappa shape index (κ3) is 9.42. The van der Waals surface area contributed by atoms with Gasteiger partial charge in [-0.1, -0.05) is 44.2 Å². The molecule has 0 aromatic heterocycles. The lowest BCUT2D eigenvalue weighted by Crippen LogP contribution is -2.49. The average molecular weight is 364 g/mol. The first-order valence-electron chi connectivity index (χ1n) is 9.06. The second-order valence-electron chi connectivity index (χ2n) is 7.96. The van der Waals surface area contributed by atoms with Gasteiger partial charge in [-0.3, -0.25) is 4.79 Å². The van der Waals surface area contributed by atoms with Crippen LogP contribution in [0.25, 0.3) is 0 Å². The van der Waals surface area contributed by atoms with Crippen LogP contribution < -0.4 is 10.6 Å². The zero-order chi connectivity index (χ0) is 19.7. The molecule has 6 nitrogen and oxygen atoms in total. The van der Waals surface area contributed by atoms with E-state index in [1.54, 1.807) is 0 Å². The number of hydrogen-bond donors (Lipinski definition) is 3. The summed E-state index contributed by atoms with van der Waals surface area (Å²) in [6.45, 7) is 9.90. The molecule has 1 aromatic rings. The SMILES string of the molecule is CC(C)CC(CN[C@@H](Cc1ccccc1)C(=O)O)NC(=O)OC(C)(C)C. The second-order valence-corrected chi connectivity index (χ2v) is 7.96. The Kier molecular flexibility index (Phi) is 8.58. The molecule has 6 heteroatoms. The van der Waals surface area contributed by atoms with Crippen LogP contribution in [0.2, 0.25) is 0 Å². The highest BCUT2D eigenvalue weighted by Crippen LogP contribution is 2.10. The molecular formula is C20H32N2O4. The Hall–Kier alpha value is -2.08. The largest absolute Gasteiger partial charge is 0.480 e. The van der Waals surface area contributed by atoms with E-state index < -0.39 is 23.7 Å². The van der Waals surface area contributed by atoms with Crippen molar-refractivity contribution in [3.05, 3.63) is 35.9 Å². The minimum absolute atomic E-state index is 0.206. The number of carbonyl (C=O) groups excluding carboxylic acids is 1. The average Bonchev–Trinajstić information content (AvgIpc) is 2.49. The molecule has 0 saturated carbocycles. The van der Waals surface area contributed by atoms with E-state index in [4.69, 9.17) is 4.74 Å². The van der Waals surface area contributed by atoms with Gasteiger partial charge in [0.1, 0.15) is 11.6 Å². The number of nitrogens with one attached hydrogen (secondary N) is 2. The standard InChI is InChI=1S/C20H32N2O4/c1-14(2)11-16(22-19(25)26-20(3,4)5)13-21-17(18(23)24)12-15-9-7-6-8-10-15/h6-10,14,16-17,21H,11-13H2,1-5H3,(H,22,25)(H,23,24)/t16?,17-/m0/s1. The van der Waals surface area contributed by atoms with Crippen LogP contribution in [-0.2, 0) is 16.0 Å². The van der Waals surface area contributed by atoms with Crippen LogP contribution in [0.4, 0.5) is 4.79 Å². The molecule has 0 radical (unpaired) electrons. The first kappa shape index (κ1) is 22.0. The smallest absolute Gasteiger partial charge is 0.407 e. The van der Waals surface area contributed by atoms with Crippen LogP contribution in [0, 0.1) is 5.92 Å². The summed E-state index contributed by atoms with van der Waals surface area (Å²) in [5.74, 6) is -0.552. The van der Waals surface area contributed by atoms with Gasteiger partial charge in [0.05, 0.1) is 0 Å². The zero-order valence-corrected chi connectivity index (χ0v) is 16.4. The normalized spacial score (nSPS) is 13.9. The van der Waals surface area contributed by atoms with Gasteiger partial charge in [-0.15, -0.1) is 0 Å². The van der Waals surface area contributed by atoms with Crippen LogP contribution in [0.1, 0.15) is 46.6 Å². The fraction of sp³-hybridized carbons (Fsp3) is 0.600. The summed E-state index contributed by atoms with van der Waals surface area (Å²) in [6.07, 6.45) is 0.626. The third-order valence-electron chi connectivity index (χ3n) is 3.67. The predicted octanol–water partition coefficient (Wildman–Crippen LogP) is 3.21. The number of rotatable bonds is 9. The van der Waals surface area contributed by atoms with E-state index in [-0.39, 0.29) is 6.04 Å². The summed E-state index contributed by atoms with van der Waals surface area (Å²) >= 11 is 0. The number of carboxylic acid groups (broad SMARTS) is 1. The molecule has 26 heavy (non-hydrogen) atoms. The number of carboxylic acids is 1. The van der Waals surface area contributed by atoms with Gasteiger partial charge in [0.25, 0.3) is 0 Å². The van der Waals surface area contributed by atoms with Gasteiger partial charge in [-0.05, 0) is 45.1 Å². The van der Waals surface area contributed by atoms with Crippen molar-refractivity contribution in [1.29, 1.82) is 0 Å². The Morgan fingerprint density at radius 2 is 1.77 bits per heavy atom. The summed E-state index contributed by atoms with van der Waals surface area (Å²) in [5, 5.41) is 15.4. The molecule has 1 rings (SSSR count). The molecular weight excluding hydrogens is 332 g/mol. The van der Waals surface area contributed by atoms with Gasteiger partial charge < -0.3 is 20.5 Å². The molecule has 1 unspecified atom stereocenters. The lowest BCUT2D eigenvalue weighted by Gasteiger charge is -2.26. The molecule has 0 bridgehead atoms. The fourth-order valence-corrected chi connectivity index (χ4v) is 2.62. The highest BCUT2D eigenvalue weighted by Gasteiger charge is 2.23. The van der Waals surface area contributed by atoms with E-state index in [1.165, 1.54) is 0 Å². The molecule has 0 aliphatic rings. The molecule has 0 saturated heterocycles. The van der Waals surface area contributed by atoms with Crippen molar-refractivity contribution in [2.24, 2.45) is 5.92 Å². The molecule has 0 spiro atoms. The van der Waals surface area contributed by atoms with Crippen molar-refractivity contribution < 1.29 is 19.4 Å². The van der Waals surface area contributed by atoms with Gasteiger partial charge in [0.15, 0.2) is 0 Å². The number of alkyl carbamates (subject to hydrolysis) is 1. The summed E-state index contributed by atoms with van der Waals surface area (Å²) in [6, 6.07) is 8.56. The molecule has 146 valence electrons. The van der Waals surface area contributed by atoms with Gasteiger partial charge in [-0.25, -0.2) is 4.79 Å². The van der Waals surface area contributed by atoms with E-state index in [9.17, 15) is 14.7 Å². The minimum atomic E-state index is -0.908. The summed E-state index contributed by atoms with van der Waals surface area (Å²) in [4.78, 5) is 23.6. The number of hydrogen-bond acceptors (Lipinski definition) is 4. The first-order valence-corrected chi connectivity index (χ1v) is 9.06. The van der Waals surface area contributed by atoms with Crippen molar-refractivity contribution in [2.45, 2.75) is 65.1 Å². The maximum absolute atomic E-state index is 12.0.